The van der Waals surface area contributed by atoms with Crippen molar-refractivity contribution in [1.29, 1.82) is 0 Å². The minimum absolute atomic E-state index is 0.301. The first-order valence-corrected chi connectivity index (χ1v) is 22.5. The van der Waals surface area contributed by atoms with Crippen LogP contribution >= 0.6 is 0 Å². The van der Waals surface area contributed by atoms with Crippen LogP contribution < -0.4 is 0 Å². The minimum atomic E-state index is 0.301. The number of benzene rings is 9. The summed E-state index contributed by atoms with van der Waals surface area (Å²) in [5.41, 5.74) is 20.4. The third-order valence-electron chi connectivity index (χ3n) is 14.1. The first kappa shape index (κ1) is 36.2. The predicted octanol–water partition coefficient (Wildman–Crippen LogP) is 16.9. The third kappa shape index (κ3) is 5.19. The second-order valence-electron chi connectivity index (χ2n) is 17.7. The lowest BCUT2D eigenvalue weighted by atomic mass is 9.94. The smallest absolute Gasteiger partial charge is 0.143 e. The van der Waals surface area contributed by atoms with Gasteiger partial charge in [0.15, 0.2) is 0 Å². The fourth-order valence-electron chi connectivity index (χ4n) is 11.1. The van der Waals surface area contributed by atoms with Crippen molar-refractivity contribution in [3.63, 3.8) is 0 Å². The first-order valence-electron chi connectivity index (χ1n) is 22.5. The van der Waals surface area contributed by atoms with Crippen LogP contribution in [-0.4, -0.2) is 9.13 Å². The maximum absolute atomic E-state index is 6.56. The van der Waals surface area contributed by atoms with Gasteiger partial charge in [0, 0.05) is 77.4 Å². The molecule has 0 aliphatic carbocycles. The van der Waals surface area contributed by atoms with Crippen molar-refractivity contribution in [2.75, 3.05) is 0 Å². The molecule has 0 N–H and O–H groups in total. The summed E-state index contributed by atoms with van der Waals surface area (Å²) in [4.78, 5) is 0. The van der Waals surface area contributed by atoms with Crippen LogP contribution in [0.15, 0.2) is 203 Å². The number of furan rings is 2. The predicted molar refractivity (Wildman–Crippen MR) is 271 cm³/mol. The monoisotopic (exact) mass is 832 g/mol. The summed E-state index contributed by atoms with van der Waals surface area (Å²) in [5, 5.41) is 8.15. The van der Waals surface area contributed by atoms with Crippen molar-refractivity contribution in [2.24, 2.45) is 0 Å². The molecule has 306 valence electrons. The van der Waals surface area contributed by atoms with Gasteiger partial charge in [-0.1, -0.05) is 140 Å². The molecule has 0 spiro atoms. The molecule has 9 aromatic carbocycles. The van der Waals surface area contributed by atoms with Crippen LogP contribution in [0.1, 0.15) is 42.1 Å². The van der Waals surface area contributed by atoms with Crippen molar-refractivity contribution in [3.05, 3.63) is 217 Å². The zero-order valence-corrected chi connectivity index (χ0v) is 35.8. The van der Waals surface area contributed by atoms with Crippen LogP contribution in [0.5, 0.6) is 0 Å². The van der Waals surface area contributed by atoms with Gasteiger partial charge in [-0.15, -0.1) is 0 Å². The minimum Gasteiger partial charge on any atom is -0.455 e. The Bertz CT molecular complexity index is 3980. The molecule has 0 saturated carbocycles. The number of nitrogens with zero attached hydrogens (tertiary/aromatic N) is 2. The van der Waals surface area contributed by atoms with Crippen LogP contribution in [0.2, 0.25) is 0 Å². The Morgan fingerprint density at radius 2 is 0.985 bits per heavy atom. The highest BCUT2D eigenvalue weighted by molar-refractivity contribution is 6.15. The SMILES string of the molecule is C/C(=C\c1c2n(c3ccccc13)-c1ccccc1C2C)c1ccc(-n2c3ccc(-c4cccc5c4oc4ccccc45)cc3c3cc(-c4cccc5c4oc4ccccc45)ccc32)cc1. The summed E-state index contributed by atoms with van der Waals surface area (Å²) in [6, 6.07) is 70.1. The fourth-order valence-corrected chi connectivity index (χ4v) is 11.1. The van der Waals surface area contributed by atoms with Gasteiger partial charge in [-0.3, -0.25) is 0 Å². The Hall–Kier alpha value is -8.34. The molecule has 1 unspecified atom stereocenters. The lowest BCUT2D eigenvalue weighted by Crippen LogP contribution is -1.95. The van der Waals surface area contributed by atoms with E-state index in [0.29, 0.717) is 5.92 Å². The summed E-state index contributed by atoms with van der Waals surface area (Å²) < 4.78 is 18.0. The highest BCUT2D eigenvalue weighted by Crippen LogP contribution is 2.46. The van der Waals surface area contributed by atoms with E-state index in [-0.39, 0.29) is 0 Å². The topological polar surface area (TPSA) is 36.1 Å². The van der Waals surface area contributed by atoms with Crippen LogP contribution in [0, 0.1) is 0 Å². The Labute approximate surface area is 374 Å². The molecule has 4 aromatic heterocycles. The van der Waals surface area contributed by atoms with Crippen LogP contribution in [-0.2, 0) is 0 Å². The Morgan fingerprint density at radius 1 is 0.462 bits per heavy atom. The normalized spacial score (nSPS) is 13.9. The molecule has 1 atom stereocenters. The Kier molecular flexibility index (Phi) is 7.56. The molecule has 0 radical (unpaired) electrons. The highest BCUT2D eigenvalue weighted by Gasteiger charge is 2.30. The van der Waals surface area contributed by atoms with Crippen molar-refractivity contribution in [1.82, 2.24) is 9.13 Å². The molecule has 4 heteroatoms. The largest absolute Gasteiger partial charge is 0.455 e. The van der Waals surface area contributed by atoms with E-state index in [1.54, 1.807) is 0 Å². The van der Waals surface area contributed by atoms with E-state index >= 15 is 0 Å². The summed E-state index contributed by atoms with van der Waals surface area (Å²) in [6.45, 7) is 4.59. The maximum atomic E-state index is 6.56. The fraction of sp³-hybridized carbons (Fsp3) is 0.0492. The van der Waals surface area contributed by atoms with Gasteiger partial charge in [0.2, 0.25) is 0 Å². The second-order valence-corrected chi connectivity index (χ2v) is 17.7. The van der Waals surface area contributed by atoms with Gasteiger partial charge in [-0.25, -0.2) is 0 Å². The standard InChI is InChI=1S/C61H40N2O2/c1-36(33-52-45-14-4-8-22-54(45)63-53-21-7-3-13-42(53)37(2)59(52)63)38-25-29-41(30-26-38)62-55-31-27-39(43-17-11-19-48-46-15-5-9-23-57(46)64-60(43)48)34-50(55)51-35-40(28-32-56(51)62)44-18-12-20-49-47-16-6-10-24-58(47)65-61(44)49/h3-35,37H,1-2H3/b36-33+. The molecule has 0 amide bonds. The lowest BCUT2D eigenvalue weighted by molar-refractivity contribution is 0.669. The number of hydrogen-bond donors (Lipinski definition) is 0. The Morgan fingerprint density at radius 3 is 1.62 bits per heavy atom. The number of fused-ring (bicyclic) bond motifs is 14. The molecule has 13 aromatic rings. The summed E-state index contributed by atoms with van der Waals surface area (Å²) >= 11 is 0. The summed E-state index contributed by atoms with van der Waals surface area (Å²) in [5.74, 6) is 0.301. The number of para-hydroxylation sites is 6. The highest BCUT2D eigenvalue weighted by atomic mass is 16.3. The molecule has 5 heterocycles. The van der Waals surface area contributed by atoms with Gasteiger partial charge in [-0.2, -0.15) is 0 Å². The number of allylic oxidation sites excluding steroid dienone is 1. The molecular weight excluding hydrogens is 793 g/mol. The van der Waals surface area contributed by atoms with Gasteiger partial charge >= 0.3 is 0 Å². The van der Waals surface area contributed by atoms with Crippen molar-refractivity contribution in [2.45, 2.75) is 19.8 Å². The van der Waals surface area contributed by atoms with Crippen molar-refractivity contribution in [3.8, 4) is 33.6 Å². The molecule has 0 bridgehead atoms. The van der Waals surface area contributed by atoms with Gasteiger partial charge in [0.1, 0.15) is 22.3 Å². The van der Waals surface area contributed by atoms with Crippen LogP contribution in [0.25, 0.3) is 122 Å². The average Bonchev–Trinajstić information content (AvgIpc) is 4.16. The Balaban J connectivity index is 0.929. The van der Waals surface area contributed by atoms with E-state index in [9.17, 15) is 0 Å². The molecule has 65 heavy (non-hydrogen) atoms. The van der Waals surface area contributed by atoms with E-state index < -0.39 is 0 Å². The molecule has 1 aliphatic rings. The quantitative estimate of drug-likeness (QED) is 0.173. The molecule has 4 nitrogen and oxygen atoms in total. The molecule has 0 fully saturated rings. The van der Waals surface area contributed by atoms with E-state index in [2.05, 4.69) is 211 Å². The zero-order chi connectivity index (χ0) is 42.9. The van der Waals surface area contributed by atoms with Crippen molar-refractivity contribution < 1.29 is 8.83 Å². The number of hydrogen-bond acceptors (Lipinski definition) is 2. The van der Waals surface area contributed by atoms with Gasteiger partial charge in [0.05, 0.1) is 16.6 Å². The molecule has 1 aliphatic heterocycles. The molecule has 14 rings (SSSR count). The summed E-state index contributed by atoms with van der Waals surface area (Å²) in [7, 11) is 0. The van der Waals surface area contributed by atoms with Crippen LogP contribution in [0.3, 0.4) is 0 Å². The maximum Gasteiger partial charge on any atom is 0.143 e. The van der Waals surface area contributed by atoms with Gasteiger partial charge in [0.25, 0.3) is 0 Å². The average molecular weight is 833 g/mol. The lowest BCUT2D eigenvalue weighted by Gasteiger charge is -2.11. The van der Waals surface area contributed by atoms with Gasteiger partial charge < -0.3 is 18.0 Å². The van der Waals surface area contributed by atoms with E-state index in [4.69, 9.17) is 8.83 Å². The summed E-state index contributed by atoms with van der Waals surface area (Å²) in [6.07, 6.45) is 2.40. The molecular formula is C61H40N2O2. The number of rotatable bonds is 5. The molecule has 0 saturated heterocycles. The van der Waals surface area contributed by atoms with E-state index in [1.165, 1.54) is 55.3 Å². The van der Waals surface area contributed by atoms with Crippen molar-refractivity contribution >= 4 is 88.2 Å². The van der Waals surface area contributed by atoms with Gasteiger partial charge in [-0.05, 0) is 101 Å². The third-order valence-corrected chi connectivity index (χ3v) is 14.1. The van der Waals surface area contributed by atoms with Crippen LogP contribution in [0.4, 0.5) is 0 Å². The number of aromatic nitrogens is 2. The van der Waals surface area contributed by atoms with E-state index in [0.717, 1.165) is 82.9 Å². The second kappa shape index (κ2) is 13.6. The zero-order valence-electron chi connectivity index (χ0n) is 35.8. The first-order chi connectivity index (χ1) is 32.1. The van der Waals surface area contributed by atoms with E-state index in [1.807, 2.05) is 12.1 Å².